The monoisotopic (exact) mass is 1160 g/mol. The molecule has 2 unspecified atom stereocenters. The molecule has 9 heteroatoms. The molecule has 83 heavy (non-hydrogen) atoms. The van der Waals surface area contributed by atoms with Gasteiger partial charge in [0.15, 0.2) is 12.4 Å². The van der Waals surface area contributed by atoms with Gasteiger partial charge < -0.3 is 33.3 Å². The molecule has 0 bridgehead atoms. The molecule has 0 aromatic carbocycles. The average Bonchev–Trinajstić information content (AvgIpc) is 3.46. The number of quaternary nitrogens is 1. The molecule has 0 heterocycles. The van der Waals surface area contributed by atoms with Crippen LogP contribution in [0.15, 0.2) is 72.9 Å². The molecule has 0 aliphatic rings. The van der Waals surface area contributed by atoms with Crippen LogP contribution in [0.1, 0.15) is 322 Å². The van der Waals surface area contributed by atoms with Crippen molar-refractivity contribution >= 4 is 17.9 Å². The van der Waals surface area contributed by atoms with Crippen LogP contribution < -0.4 is 5.11 Å². The van der Waals surface area contributed by atoms with Crippen molar-refractivity contribution in [3.63, 3.8) is 0 Å². The Morgan fingerprint density at radius 1 is 0.373 bits per heavy atom. The number of carboxylic acids is 1. The van der Waals surface area contributed by atoms with Gasteiger partial charge in [-0.3, -0.25) is 9.59 Å². The largest absolute Gasteiger partial charge is 0.545 e. The Labute approximate surface area is 513 Å². The van der Waals surface area contributed by atoms with Crippen LogP contribution in [0, 0.1) is 0 Å². The zero-order valence-electron chi connectivity index (χ0n) is 55.1. The van der Waals surface area contributed by atoms with E-state index in [4.69, 9.17) is 18.9 Å². The fourth-order valence-corrected chi connectivity index (χ4v) is 10.1. The normalized spacial score (nSPS) is 13.1. The number of allylic oxidation sites excluding steroid dienone is 12. The number of ether oxygens (including phenoxy) is 4. The van der Waals surface area contributed by atoms with Crippen molar-refractivity contribution in [1.29, 1.82) is 0 Å². The van der Waals surface area contributed by atoms with Gasteiger partial charge in [-0.05, 0) is 83.5 Å². The van der Waals surface area contributed by atoms with Crippen LogP contribution in [0.3, 0.4) is 0 Å². The number of rotatable bonds is 65. The zero-order chi connectivity index (χ0) is 60.5. The zero-order valence-corrected chi connectivity index (χ0v) is 55.1. The number of carboxylic acid groups (broad SMARTS) is 1. The van der Waals surface area contributed by atoms with Gasteiger partial charge in [-0.1, -0.05) is 299 Å². The van der Waals surface area contributed by atoms with Crippen LogP contribution >= 0.6 is 0 Å². The maximum Gasteiger partial charge on any atom is 0.306 e. The van der Waals surface area contributed by atoms with Crippen molar-refractivity contribution < 1.29 is 42.9 Å². The quantitative estimate of drug-likeness (QED) is 0.0195. The highest BCUT2D eigenvalue weighted by molar-refractivity contribution is 5.70. The van der Waals surface area contributed by atoms with Crippen LogP contribution in [0.5, 0.6) is 0 Å². The molecule has 0 aromatic heterocycles. The van der Waals surface area contributed by atoms with Gasteiger partial charge >= 0.3 is 11.9 Å². The third-order valence-corrected chi connectivity index (χ3v) is 15.4. The Morgan fingerprint density at radius 2 is 0.687 bits per heavy atom. The lowest BCUT2D eigenvalue weighted by atomic mass is 10.0. The van der Waals surface area contributed by atoms with E-state index in [1.807, 2.05) is 21.1 Å². The first-order valence-corrected chi connectivity index (χ1v) is 35.1. The van der Waals surface area contributed by atoms with E-state index in [2.05, 4.69) is 86.8 Å². The molecular weight excluding hydrogens is 1030 g/mol. The Balaban J connectivity index is 4.04. The number of unbranched alkanes of at least 4 members (excludes halogenated alkanes) is 38. The Hall–Kier alpha value is -3.27. The molecule has 0 spiro atoms. The molecule has 0 aliphatic heterocycles. The molecule has 9 nitrogen and oxygen atoms in total. The summed E-state index contributed by atoms with van der Waals surface area (Å²) in [6, 6.07) is 0. The molecule has 0 rings (SSSR count). The van der Waals surface area contributed by atoms with Crippen molar-refractivity contribution in [2.75, 3.05) is 47.5 Å². The number of hydrogen-bond donors (Lipinski definition) is 0. The summed E-state index contributed by atoms with van der Waals surface area (Å²) in [5, 5.41) is 11.8. The highest BCUT2D eigenvalue weighted by Gasteiger charge is 2.22. The molecule has 0 saturated heterocycles. The van der Waals surface area contributed by atoms with Crippen molar-refractivity contribution in [3.05, 3.63) is 72.9 Å². The maximum absolute atomic E-state index is 12.9. The van der Waals surface area contributed by atoms with Crippen LogP contribution in [0.4, 0.5) is 0 Å². The van der Waals surface area contributed by atoms with E-state index in [-0.39, 0.29) is 32.2 Å². The Bertz CT molecular complexity index is 1590. The van der Waals surface area contributed by atoms with Crippen LogP contribution in [-0.2, 0) is 33.3 Å². The number of aliphatic carboxylic acids is 1. The fraction of sp³-hybridized carbons (Fsp3) is 0.797. The summed E-state index contributed by atoms with van der Waals surface area (Å²) in [6.07, 6.45) is 82.8. The smallest absolute Gasteiger partial charge is 0.306 e. The highest BCUT2D eigenvalue weighted by atomic mass is 16.7. The third kappa shape index (κ3) is 66.1. The molecule has 482 valence electrons. The summed E-state index contributed by atoms with van der Waals surface area (Å²) in [4.78, 5) is 37.5. The number of nitrogens with zero attached hydrogens (tertiary/aromatic N) is 1. The Kier molecular flexibility index (Phi) is 62.2. The second kappa shape index (κ2) is 64.7. The first-order chi connectivity index (χ1) is 40.6. The lowest BCUT2D eigenvalue weighted by Gasteiger charge is -2.26. The molecular formula is C74H133NO8. The molecule has 0 N–H and O–H groups in total. The summed E-state index contributed by atoms with van der Waals surface area (Å²) in [5.41, 5.74) is 0. The van der Waals surface area contributed by atoms with E-state index in [0.717, 1.165) is 77.0 Å². The summed E-state index contributed by atoms with van der Waals surface area (Å²) < 4.78 is 22.8. The van der Waals surface area contributed by atoms with Gasteiger partial charge in [-0.2, -0.15) is 0 Å². The minimum absolute atomic E-state index is 0.146. The molecule has 0 aliphatic carbocycles. The van der Waals surface area contributed by atoms with Gasteiger partial charge in [-0.25, -0.2) is 0 Å². The third-order valence-electron chi connectivity index (χ3n) is 15.4. The Morgan fingerprint density at radius 3 is 1.02 bits per heavy atom. The lowest BCUT2D eigenvalue weighted by molar-refractivity contribution is -0.870. The molecule has 0 radical (unpaired) electrons. The highest BCUT2D eigenvalue weighted by Crippen LogP contribution is 2.18. The number of carbonyl (C=O) groups is 3. The van der Waals surface area contributed by atoms with Crippen LogP contribution in [-0.4, -0.2) is 82.3 Å². The van der Waals surface area contributed by atoms with Crippen molar-refractivity contribution in [3.8, 4) is 0 Å². The molecule has 2 atom stereocenters. The molecule has 0 saturated carbocycles. The minimum Gasteiger partial charge on any atom is -0.545 e. The van der Waals surface area contributed by atoms with Crippen molar-refractivity contribution in [1.82, 2.24) is 0 Å². The molecule has 0 fully saturated rings. The summed E-state index contributed by atoms with van der Waals surface area (Å²) >= 11 is 0. The first kappa shape index (κ1) is 79.7. The standard InChI is InChI=1S/C74H133NO8/c1-6-8-10-12-14-16-18-20-22-24-26-28-30-31-32-33-34-35-36-37-38-39-40-41-43-44-46-48-50-52-54-56-58-60-62-64-71(76)81-68-70(69-82-74(73(78)79)80-67-66-75(3,4)5)83-72(77)65-63-61-59-57-55-53-51-49-47-45-42-29-27-25-23-21-19-17-15-13-11-9-7-2/h9,11,15,17-18,20-21,23-24,26-27,29,70,74H,6-8,10,12-14,16,19,22,25,28,30-69H2,1-5H3/b11-9-,17-15-,20-18-,23-21-,26-24-,29-27-. The predicted octanol–water partition coefficient (Wildman–Crippen LogP) is 20.4. The fourth-order valence-electron chi connectivity index (χ4n) is 10.1. The van der Waals surface area contributed by atoms with Gasteiger partial charge in [0.05, 0.1) is 40.3 Å². The van der Waals surface area contributed by atoms with E-state index in [0.29, 0.717) is 23.9 Å². The van der Waals surface area contributed by atoms with E-state index in [9.17, 15) is 19.5 Å². The van der Waals surface area contributed by atoms with Gasteiger partial charge in [0.25, 0.3) is 0 Å². The maximum atomic E-state index is 12.9. The van der Waals surface area contributed by atoms with Gasteiger partial charge in [-0.15, -0.1) is 0 Å². The molecule has 0 aromatic rings. The topological polar surface area (TPSA) is 111 Å². The summed E-state index contributed by atoms with van der Waals surface area (Å²) in [5.74, 6) is -2.27. The number of carbonyl (C=O) groups excluding carboxylic acids is 3. The van der Waals surface area contributed by atoms with Gasteiger partial charge in [0.1, 0.15) is 13.2 Å². The van der Waals surface area contributed by atoms with Gasteiger partial charge in [0, 0.05) is 12.8 Å². The summed E-state index contributed by atoms with van der Waals surface area (Å²) in [6.45, 7) is 4.66. The van der Waals surface area contributed by atoms with Gasteiger partial charge in [0.2, 0.25) is 0 Å². The number of hydrogen-bond acceptors (Lipinski definition) is 8. The second-order valence-corrected chi connectivity index (χ2v) is 24.8. The van der Waals surface area contributed by atoms with Crippen molar-refractivity contribution in [2.45, 2.75) is 334 Å². The van der Waals surface area contributed by atoms with E-state index in [1.165, 1.54) is 212 Å². The SMILES string of the molecule is CC/C=C\C/C=C\C/C=C\C/C=C\CCCCCCCCCCCCC(=O)OC(COC(=O)CCCCCCCCCCCCCCCCCCCCCCCCC/C=C\C/C=C\CCCCCCC)COC(OCC[N+](C)(C)C)C(=O)[O-]. The average molecular weight is 1160 g/mol. The second-order valence-electron chi connectivity index (χ2n) is 24.8. The predicted molar refractivity (Wildman–Crippen MR) is 352 cm³/mol. The van der Waals surface area contributed by atoms with E-state index < -0.39 is 24.3 Å². The summed E-state index contributed by atoms with van der Waals surface area (Å²) in [7, 11) is 5.93. The van der Waals surface area contributed by atoms with E-state index in [1.54, 1.807) is 0 Å². The lowest BCUT2D eigenvalue weighted by Crippen LogP contribution is -2.44. The number of esters is 2. The minimum atomic E-state index is -1.62. The van der Waals surface area contributed by atoms with Crippen LogP contribution in [0.2, 0.25) is 0 Å². The molecule has 0 amide bonds. The van der Waals surface area contributed by atoms with E-state index >= 15 is 0 Å². The van der Waals surface area contributed by atoms with Crippen LogP contribution in [0.25, 0.3) is 0 Å². The number of likely N-dealkylation sites (N-methyl/N-ethyl adjacent to an activating group) is 1. The van der Waals surface area contributed by atoms with Crippen molar-refractivity contribution in [2.24, 2.45) is 0 Å². The first-order valence-electron chi connectivity index (χ1n) is 35.1.